The Kier molecular flexibility index (Phi) is 3.70. The summed E-state index contributed by atoms with van der Waals surface area (Å²) in [4.78, 5) is 4.94. The Morgan fingerprint density at radius 1 is 1.40 bits per heavy atom. The van der Waals surface area contributed by atoms with Crippen LogP contribution >= 0.6 is 11.3 Å². The first kappa shape index (κ1) is 13.1. The van der Waals surface area contributed by atoms with E-state index >= 15 is 0 Å². The van der Waals surface area contributed by atoms with E-state index < -0.39 is 0 Å². The first-order chi connectivity index (χ1) is 9.79. The number of hydrogen-bond donors (Lipinski definition) is 1. The summed E-state index contributed by atoms with van der Waals surface area (Å²) in [6, 6.07) is 3.85. The van der Waals surface area contributed by atoms with E-state index in [0.29, 0.717) is 5.92 Å². The van der Waals surface area contributed by atoms with Crippen molar-refractivity contribution in [2.45, 2.75) is 19.8 Å². The topological polar surface area (TPSA) is 68.0 Å². The van der Waals surface area contributed by atoms with Crippen molar-refractivity contribution in [2.24, 2.45) is 0 Å². The van der Waals surface area contributed by atoms with Gasteiger partial charge in [0.1, 0.15) is 5.01 Å². The van der Waals surface area contributed by atoms with E-state index in [1.54, 1.807) is 28.2 Å². The molecule has 0 aliphatic heterocycles. The number of nitrogens with zero attached hydrogens (tertiary/aromatic N) is 5. The number of likely N-dealkylation sites (N-methyl/N-ethyl adjacent to an activating group) is 1. The standard InChI is InChI=1S/C13H16N6S/c1-3-14-7-9(2)12-18-19-11(16-17-13(19)20-12)10-5-4-6-15-8-10/h4-6,8-9,14H,3,7H2,1-2H3. The normalized spacial score (nSPS) is 12.9. The zero-order valence-electron chi connectivity index (χ0n) is 11.4. The molecule has 3 aromatic heterocycles. The molecule has 3 rings (SSSR count). The Labute approximate surface area is 120 Å². The van der Waals surface area contributed by atoms with E-state index in [1.165, 1.54) is 0 Å². The van der Waals surface area contributed by atoms with Gasteiger partial charge in [-0.1, -0.05) is 25.2 Å². The molecular formula is C13H16N6S. The van der Waals surface area contributed by atoms with Crippen molar-refractivity contribution in [3.05, 3.63) is 29.5 Å². The van der Waals surface area contributed by atoms with Gasteiger partial charge in [0, 0.05) is 30.4 Å². The second kappa shape index (κ2) is 5.64. The summed E-state index contributed by atoms with van der Waals surface area (Å²) in [5, 5.41) is 17.4. The molecule has 3 aromatic rings. The maximum Gasteiger partial charge on any atom is 0.234 e. The summed E-state index contributed by atoms with van der Waals surface area (Å²) in [5.74, 6) is 1.11. The average Bonchev–Trinajstić information content (AvgIpc) is 3.05. The largest absolute Gasteiger partial charge is 0.316 e. The molecule has 3 heterocycles. The Balaban J connectivity index is 1.95. The monoisotopic (exact) mass is 288 g/mol. The minimum atomic E-state index is 0.364. The molecule has 6 nitrogen and oxygen atoms in total. The maximum atomic E-state index is 4.64. The lowest BCUT2D eigenvalue weighted by Crippen LogP contribution is -2.19. The summed E-state index contributed by atoms with van der Waals surface area (Å²) in [7, 11) is 0. The van der Waals surface area contributed by atoms with Crippen LogP contribution in [-0.2, 0) is 0 Å². The molecule has 1 unspecified atom stereocenters. The highest BCUT2D eigenvalue weighted by Crippen LogP contribution is 2.24. The molecule has 0 aromatic carbocycles. The van der Waals surface area contributed by atoms with Crippen LogP contribution in [-0.4, -0.2) is 37.9 Å². The van der Waals surface area contributed by atoms with E-state index in [9.17, 15) is 0 Å². The smallest absolute Gasteiger partial charge is 0.234 e. The lowest BCUT2D eigenvalue weighted by Gasteiger charge is -2.06. The fourth-order valence-corrected chi connectivity index (χ4v) is 2.84. The highest BCUT2D eigenvalue weighted by Gasteiger charge is 2.16. The molecule has 0 aliphatic carbocycles. The zero-order chi connectivity index (χ0) is 13.9. The van der Waals surface area contributed by atoms with Crippen LogP contribution in [0.5, 0.6) is 0 Å². The number of aromatic nitrogens is 5. The highest BCUT2D eigenvalue weighted by molar-refractivity contribution is 7.16. The molecule has 1 N–H and O–H groups in total. The van der Waals surface area contributed by atoms with E-state index in [0.717, 1.165) is 34.4 Å². The molecule has 0 amide bonds. The van der Waals surface area contributed by atoms with Gasteiger partial charge in [0.15, 0.2) is 5.82 Å². The van der Waals surface area contributed by atoms with Crippen LogP contribution in [0.4, 0.5) is 0 Å². The van der Waals surface area contributed by atoms with Crippen molar-refractivity contribution < 1.29 is 0 Å². The lowest BCUT2D eigenvalue weighted by atomic mass is 10.2. The maximum absolute atomic E-state index is 4.64. The molecule has 20 heavy (non-hydrogen) atoms. The molecule has 104 valence electrons. The fraction of sp³-hybridized carbons (Fsp3) is 0.385. The third-order valence-electron chi connectivity index (χ3n) is 3.05. The van der Waals surface area contributed by atoms with Crippen LogP contribution in [0, 0.1) is 0 Å². The first-order valence-corrected chi connectivity index (χ1v) is 7.44. The van der Waals surface area contributed by atoms with Crippen molar-refractivity contribution in [1.82, 2.24) is 30.1 Å². The van der Waals surface area contributed by atoms with Crippen LogP contribution in [0.2, 0.25) is 0 Å². The molecule has 0 saturated heterocycles. The van der Waals surface area contributed by atoms with Crippen molar-refractivity contribution in [3.8, 4) is 11.4 Å². The minimum Gasteiger partial charge on any atom is -0.316 e. The van der Waals surface area contributed by atoms with Gasteiger partial charge in [0.25, 0.3) is 0 Å². The van der Waals surface area contributed by atoms with Gasteiger partial charge in [-0.3, -0.25) is 4.98 Å². The predicted molar refractivity (Wildman–Crippen MR) is 78.8 cm³/mol. The van der Waals surface area contributed by atoms with Crippen LogP contribution in [0.25, 0.3) is 16.3 Å². The summed E-state index contributed by atoms with van der Waals surface area (Å²) >= 11 is 1.59. The second-order valence-electron chi connectivity index (χ2n) is 4.61. The van der Waals surface area contributed by atoms with Crippen LogP contribution in [0.3, 0.4) is 0 Å². The Morgan fingerprint density at radius 3 is 3.05 bits per heavy atom. The molecule has 0 bridgehead atoms. The molecule has 0 fully saturated rings. The van der Waals surface area contributed by atoms with Crippen molar-refractivity contribution in [2.75, 3.05) is 13.1 Å². The molecule has 0 saturated carbocycles. The Bertz CT molecular complexity index is 689. The molecule has 7 heteroatoms. The van der Waals surface area contributed by atoms with Crippen molar-refractivity contribution >= 4 is 16.3 Å². The van der Waals surface area contributed by atoms with Crippen LogP contribution in [0.1, 0.15) is 24.8 Å². The average molecular weight is 288 g/mol. The van der Waals surface area contributed by atoms with Crippen LogP contribution in [0.15, 0.2) is 24.5 Å². The van der Waals surface area contributed by atoms with E-state index in [2.05, 4.69) is 39.4 Å². The van der Waals surface area contributed by atoms with Crippen molar-refractivity contribution in [3.63, 3.8) is 0 Å². The lowest BCUT2D eigenvalue weighted by molar-refractivity contribution is 0.625. The number of nitrogens with one attached hydrogen (secondary N) is 1. The second-order valence-corrected chi connectivity index (χ2v) is 5.60. The van der Waals surface area contributed by atoms with E-state index in [4.69, 9.17) is 0 Å². The van der Waals surface area contributed by atoms with Gasteiger partial charge in [-0.2, -0.15) is 9.61 Å². The third kappa shape index (κ3) is 2.41. The summed E-state index contributed by atoms with van der Waals surface area (Å²) in [6.45, 7) is 6.15. The van der Waals surface area contributed by atoms with Crippen molar-refractivity contribution in [1.29, 1.82) is 0 Å². The van der Waals surface area contributed by atoms with Gasteiger partial charge in [0.2, 0.25) is 4.96 Å². The number of hydrogen-bond acceptors (Lipinski definition) is 6. The number of rotatable bonds is 5. The molecule has 0 aliphatic rings. The Hall–Kier alpha value is -1.86. The summed E-state index contributed by atoms with van der Waals surface area (Å²) in [5.41, 5.74) is 0.927. The molecule has 0 radical (unpaired) electrons. The Morgan fingerprint density at radius 2 is 2.30 bits per heavy atom. The summed E-state index contributed by atoms with van der Waals surface area (Å²) < 4.78 is 1.81. The quantitative estimate of drug-likeness (QED) is 0.777. The first-order valence-electron chi connectivity index (χ1n) is 6.63. The zero-order valence-corrected chi connectivity index (χ0v) is 12.3. The number of fused-ring (bicyclic) bond motifs is 1. The van der Waals surface area contributed by atoms with Gasteiger partial charge < -0.3 is 5.32 Å². The predicted octanol–water partition coefficient (Wildman–Crippen LogP) is 1.96. The van der Waals surface area contributed by atoms with E-state index in [-0.39, 0.29) is 0 Å². The molecular weight excluding hydrogens is 272 g/mol. The SMILES string of the molecule is CCNCC(C)c1nn2c(-c3cccnc3)nnc2s1. The van der Waals surface area contributed by atoms with Gasteiger partial charge in [-0.15, -0.1) is 10.2 Å². The summed E-state index contributed by atoms with van der Waals surface area (Å²) in [6.07, 6.45) is 3.52. The minimum absolute atomic E-state index is 0.364. The highest BCUT2D eigenvalue weighted by atomic mass is 32.1. The van der Waals surface area contributed by atoms with Crippen LogP contribution < -0.4 is 5.32 Å². The molecule has 1 atom stereocenters. The fourth-order valence-electron chi connectivity index (χ4n) is 1.95. The van der Waals surface area contributed by atoms with Gasteiger partial charge in [0.05, 0.1) is 0 Å². The van der Waals surface area contributed by atoms with Gasteiger partial charge in [-0.25, -0.2) is 0 Å². The van der Waals surface area contributed by atoms with Gasteiger partial charge in [-0.05, 0) is 18.7 Å². The molecule has 0 spiro atoms. The van der Waals surface area contributed by atoms with Gasteiger partial charge >= 0.3 is 0 Å². The number of pyridine rings is 1. The third-order valence-corrected chi connectivity index (χ3v) is 4.18. The van der Waals surface area contributed by atoms with E-state index in [1.807, 2.05) is 12.1 Å².